The molecule has 0 aliphatic rings. The average Bonchev–Trinajstić information content (AvgIpc) is 2.74. The molecule has 1 N–H and O–H groups in total. The van der Waals surface area contributed by atoms with Crippen LogP contribution < -0.4 is 5.11 Å². The molecule has 33 heavy (non-hydrogen) atoms. The minimum atomic E-state index is -1.13. The second kappa shape index (κ2) is 19.3. The number of hydrogen-bond acceptors (Lipinski definition) is 6. The van der Waals surface area contributed by atoms with Gasteiger partial charge in [0.1, 0.15) is 18.8 Å². The standard InChI is InChI=1S/C26H43NO6/c1-5-6-7-8-9-10-11-12-13-14-15-16-17-18-25(29)33-22-23(28)21-32-20-19-24(26(30)31)27(2,3)4/h6-13,23-24,28H,5,14-22H2,1-4H3/b7-6+,9-8+,11-10+,13-12+. The highest BCUT2D eigenvalue weighted by Gasteiger charge is 2.24. The molecule has 0 radical (unpaired) electrons. The molecule has 0 amide bonds. The molecule has 0 aromatic carbocycles. The number of carbonyl (C=O) groups is 2. The van der Waals surface area contributed by atoms with Gasteiger partial charge in [-0.2, -0.15) is 0 Å². The number of hydrogen-bond donors (Lipinski definition) is 1. The van der Waals surface area contributed by atoms with E-state index in [-0.39, 0.29) is 36.7 Å². The maximum atomic E-state index is 11.8. The zero-order valence-electron chi connectivity index (χ0n) is 20.8. The zero-order chi connectivity index (χ0) is 25.0. The molecule has 0 fully saturated rings. The number of nitrogens with zero attached hydrogens (tertiary/aromatic N) is 1. The molecule has 7 nitrogen and oxygen atoms in total. The van der Waals surface area contributed by atoms with Crippen LogP contribution in [0.15, 0.2) is 48.6 Å². The van der Waals surface area contributed by atoms with Crippen molar-refractivity contribution in [2.24, 2.45) is 0 Å². The van der Waals surface area contributed by atoms with E-state index in [0.717, 1.165) is 32.1 Å². The van der Waals surface area contributed by atoms with Gasteiger partial charge in [0.15, 0.2) is 0 Å². The van der Waals surface area contributed by atoms with Crippen molar-refractivity contribution < 1.29 is 33.8 Å². The number of rotatable bonds is 19. The highest BCUT2D eigenvalue weighted by atomic mass is 16.5. The van der Waals surface area contributed by atoms with Crippen molar-refractivity contribution >= 4 is 11.9 Å². The number of carboxylic acids is 1. The maximum Gasteiger partial charge on any atom is 0.305 e. The van der Waals surface area contributed by atoms with E-state index >= 15 is 0 Å². The van der Waals surface area contributed by atoms with Crippen molar-refractivity contribution in [3.63, 3.8) is 0 Å². The van der Waals surface area contributed by atoms with Crippen LogP contribution in [0, 0.1) is 0 Å². The van der Waals surface area contributed by atoms with Crippen molar-refractivity contribution in [1.82, 2.24) is 0 Å². The first-order valence-corrected chi connectivity index (χ1v) is 11.8. The summed E-state index contributed by atoms with van der Waals surface area (Å²) >= 11 is 0. The molecule has 0 aliphatic heterocycles. The Bertz CT molecular complexity index is 646. The number of carboxylic acid groups (broad SMARTS) is 1. The smallest absolute Gasteiger partial charge is 0.305 e. The summed E-state index contributed by atoms with van der Waals surface area (Å²) in [6, 6.07) is -0.693. The van der Waals surface area contributed by atoms with Crippen molar-refractivity contribution in [1.29, 1.82) is 0 Å². The first kappa shape index (κ1) is 30.8. The van der Waals surface area contributed by atoms with Crippen LogP contribution >= 0.6 is 0 Å². The summed E-state index contributed by atoms with van der Waals surface area (Å²) < 4.78 is 10.6. The number of allylic oxidation sites excluding steroid dienone is 8. The number of ether oxygens (including phenoxy) is 2. The lowest BCUT2D eigenvalue weighted by Gasteiger charge is -2.34. The van der Waals surface area contributed by atoms with Gasteiger partial charge in [-0.25, -0.2) is 0 Å². The van der Waals surface area contributed by atoms with E-state index in [2.05, 4.69) is 19.1 Å². The molecule has 2 atom stereocenters. The minimum Gasteiger partial charge on any atom is -0.544 e. The summed E-state index contributed by atoms with van der Waals surface area (Å²) in [5, 5.41) is 21.0. The van der Waals surface area contributed by atoms with Crippen molar-refractivity contribution in [2.75, 3.05) is 41.0 Å². The van der Waals surface area contributed by atoms with E-state index in [1.807, 2.05) is 36.5 Å². The van der Waals surface area contributed by atoms with E-state index in [0.29, 0.717) is 6.42 Å². The SMILES string of the molecule is CC/C=C/C=C/C=C/C=C/CCCCCC(=O)OCC(O)COCCC(C(=O)[O-])[N+](C)(C)C. The monoisotopic (exact) mass is 465 g/mol. The fourth-order valence-electron chi connectivity index (χ4n) is 2.90. The fraction of sp³-hybridized carbons (Fsp3) is 0.615. The molecule has 0 saturated heterocycles. The number of aliphatic carboxylic acids is 1. The van der Waals surface area contributed by atoms with Crippen molar-refractivity contribution in [3.8, 4) is 0 Å². The maximum absolute atomic E-state index is 11.8. The number of aliphatic hydroxyl groups is 1. The summed E-state index contributed by atoms with van der Waals surface area (Å²) in [4.78, 5) is 23.0. The first-order valence-electron chi connectivity index (χ1n) is 11.8. The van der Waals surface area contributed by atoms with Gasteiger partial charge in [0, 0.05) is 12.8 Å². The van der Waals surface area contributed by atoms with E-state index in [9.17, 15) is 19.8 Å². The van der Waals surface area contributed by atoms with Crippen LogP contribution in [0.5, 0.6) is 0 Å². The molecule has 0 spiro atoms. The third-order valence-corrected chi connectivity index (χ3v) is 4.80. The van der Waals surface area contributed by atoms with Gasteiger partial charge in [-0.1, -0.05) is 62.0 Å². The largest absolute Gasteiger partial charge is 0.544 e. The lowest BCUT2D eigenvalue weighted by Crippen LogP contribution is -2.55. The fourth-order valence-corrected chi connectivity index (χ4v) is 2.90. The molecular formula is C26H43NO6. The number of unbranched alkanes of at least 4 members (excludes halogenated alkanes) is 3. The van der Waals surface area contributed by atoms with Gasteiger partial charge in [0.2, 0.25) is 0 Å². The Labute approximate surface area is 199 Å². The second-order valence-electron chi connectivity index (χ2n) is 8.79. The summed E-state index contributed by atoms with van der Waals surface area (Å²) in [6.07, 6.45) is 20.6. The molecule has 0 rings (SSSR count). The van der Waals surface area contributed by atoms with Gasteiger partial charge >= 0.3 is 5.97 Å². The molecule has 7 heteroatoms. The highest BCUT2D eigenvalue weighted by molar-refractivity contribution is 5.69. The quantitative estimate of drug-likeness (QED) is 0.136. The highest BCUT2D eigenvalue weighted by Crippen LogP contribution is 2.08. The third-order valence-electron chi connectivity index (χ3n) is 4.80. The molecule has 2 unspecified atom stereocenters. The topological polar surface area (TPSA) is 95.9 Å². The van der Waals surface area contributed by atoms with Gasteiger partial charge in [-0.3, -0.25) is 4.79 Å². The predicted molar refractivity (Wildman–Crippen MR) is 129 cm³/mol. The summed E-state index contributed by atoms with van der Waals surface area (Å²) in [5.74, 6) is -1.46. The third kappa shape index (κ3) is 19.0. The van der Waals surface area contributed by atoms with Crippen LogP contribution in [0.4, 0.5) is 0 Å². The average molecular weight is 466 g/mol. The number of aliphatic hydroxyl groups excluding tert-OH is 1. The minimum absolute atomic E-state index is 0.0177. The molecule has 0 aromatic heterocycles. The number of likely N-dealkylation sites (N-methyl/N-ethyl adjacent to an activating group) is 1. The first-order chi connectivity index (χ1) is 15.7. The number of quaternary nitrogens is 1. The van der Waals surface area contributed by atoms with Crippen LogP contribution in [0.2, 0.25) is 0 Å². The van der Waals surface area contributed by atoms with Crippen LogP contribution in [-0.2, 0) is 19.1 Å². The Kier molecular flexibility index (Phi) is 18.0. The normalized spacial score (nSPS) is 14.6. The van der Waals surface area contributed by atoms with Gasteiger partial charge in [-0.05, 0) is 25.7 Å². The molecule has 188 valence electrons. The summed E-state index contributed by atoms with van der Waals surface area (Å²) in [7, 11) is 5.32. The second-order valence-corrected chi connectivity index (χ2v) is 8.79. The lowest BCUT2D eigenvalue weighted by atomic mass is 10.1. The number of esters is 1. The Morgan fingerprint density at radius 3 is 2.18 bits per heavy atom. The lowest BCUT2D eigenvalue weighted by molar-refractivity contribution is -0.889. The Morgan fingerprint density at radius 1 is 0.939 bits per heavy atom. The molecule has 0 bridgehead atoms. The number of carbonyl (C=O) groups excluding carboxylic acids is 2. The molecule has 0 saturated carbocycles. The molecule has 0 aliphatic carbocycles. The summed E-state index contributed by atoms with van der Waals surface area (Å²) in [5.41, 5.74) is 0. The van der Waals surface area contributed by atoms with Crippen LogP contribution in [0.25, 0.3) is 0 Å². The van der Waals surface area contributed by atoms with Gasteiger partial charge in [0.25, 0.3) is 0 Å². The summed E-state index contributed by atoms with van der Waals surface area (Å²) in [6.45, 7) is 2.13. The molecule has 0 aromatic rings. The van der Waals surface area contributed by atoms with Gasteiger partial charge in [-0.15, -0.1) is 0 Å². The van der Waals surface area contributed by atoms with Crippen molar-refractivity contribution in [2.45, 2.75) is 64.0 Å². The van der Waals surface area contributed by atoms with E-state index in [4.69, 9.17) is 9.47 Å². The Balaban J connectivity index is 3.76. The Morgan fingerprint density at radius 2 is 1.58 bits per heavy atom. The van der Waals surface area contributed by atoms with Gasteiger partial charge in [0.05, 0.1) is 40.3 Å². The van der Waals surface area contributed by atoms with E-state index in [1.54, 1.807) is 21.1 Å². The van der Waals surface area contributed by atoms with Crippen LogP contribution in [0.1, 0.15) is 51.9 Å². The molecular weight excluding hydrogens is 422 g/mol. The van der Waals surface area contributed by atoms with Crippen LogP contribution in [0.3, 0.4) is 0 Å². The van der Waals surface area contributed by atoms with E-state index < -0.39 is 18.1 Å². The van der Waals surface area contributed by atoms with Crippen LogP contribution in [-0.4, -0.2) is 74.6 Å². The zero-order valence-corrected chi connectivity index (χ0v) is 20.8. The molecule has 0 heterocycles. The van der Waals surface area contributed by atoms with Gasteiger partial charge < -0.3 is 29.0 Å². The van der Waals surface area contributed by atoms with Crippen molar-refractivity contribution in [3.05, 3.63) is 48.6 Å². The van der Waals surface area contributed by atoms with E-state index in [1.165, 1.54) is 0 Å². The Hall–Kier alpha value is -2.22. The predicted octanol–water partition coefficient (Wildman–Crippen LogP) is 2.71.